The van der Waals surface area contributed by atoms with Crippen LogP contribution in [0, 0.1) is 20.2 Å². The molecule has 2 heterocycles. The highest BCUT2D eigenvalue weighted by Crippen LogP contribution is 2.32. The van der Waals surface area contributed by atoms with Crippen molar-refractivity contribution in [2.75, 3.05) is 11.4 Å². The van der Waals surface area contributed by atoms with Crippen molar-refractivity contribution in [2.45, 2.75) is 13.0 Å². The fourth-order valence-electron chi connectivity index (χ4n) is 3.28. The lowest BCUT2D eigenvalue weighted by molar-refractivity contribution is -0.385. The number of benzene rings is 2. The standard InChI is InChI=1S/C17H12N4O7/c22-16(18-6-5-10-1-2-11(20(24)25)7-14(10)18)9-19-13-4-3-12(21(26)27)8-15(13)28-17(19)23/h1-4,7-8H,5-6,9H2. The normalized spacial score (nSPS) is 12.9. The Bertz CT molecular complexity index is 1210. The lowest BCUT2D eigenvalue weighted by atomic mass is 10.1. The first kappa shape index (κ1) is 17.4. The van der Waals surface area contributed by atoms with E-state index in [1.165, 1.54) is 29.2 Å². The number of rotatable bonds is 4. The second-order valence-electron chi connectivity index (χ2n) is 6.23. The number of amides is 1. The summed E-state index contributed by atoms with van der Waals surface area (Å²) in [7, 11) is 0. The SMILES string of the molecule is O=C(Cn1c(=O)oc2cc([N+](=O)[O-])ccc21)N1CCc2ccc([N+](=O)[O-])cc21. The minimum Gasteiger partial charge on any atom is -0.407 e. The summed E-state index contributed by atoms with van der Waals surface area (Å²) in [5.74, 6) is -1.26. The maximum absolute atomic E-state index is 12.8. The molecule has 0 spiro atoms. The maximum Gasteiger partial charge on any atom is 0.420 e. The van der Waals surface area contributed by atoms with E-state index >= 15 is 0 Å². The Labute approximate surface area is 155 Å². The van der Waals surface area contributed by atoms with Gasteiger partial charge in [-0.2, -0.15) is 0 Å². The fraction of sp³-hybridized carbons (Fsp3) is 0.176. The van der Waals surface area contributed by atoms with E-state index in [4.69, 9.17) is 4.42 Å². The number of oxazole rings is 1. The largest absolute Gasteiger partial charge is 0.420 e. The van der Waals surface area contributed by atoms with Crippen molar-refractivity contribution in [2.24, 2.45) is 0 Å². The van der Waals surface area contributed by atoms with Gasteiger partial charge >= 0.3 is 5.76 Å². The van der Waals surface area contributed by atoms with Crippen LogP contribution in [0.25, 0.3) is 11.1 Å². The second-order valence-corrected chi connectivity index (χ2v) is 6.23. The van der Waals surface area contributed by atoms with Crippen molar-refractivity contribution in [1.82, 2.24) is 4.57 Å². The summed E-state index contributed by atoms with van der Waals surface area (Å²) < 4.78 is 6.10. The number of hydrogen-bond acceptors (Lipinski definition) is 7. The predicted octanol–water partition coefficient (Wildman–Crippen LogP) is 2.00. The highest BCUT2D eigenvalue weighted by Gasteiger charge is 2.28. The molecule has 0 saturated carbocycles. The van der Waals surface area contributed by atoms with Gasteiger partial charge in [0.15, 0.2) is 5.58 Å². The lowest BCUT2D eigenvalue weighted by Crippen LogP contribution is -2.34. The fourth-order valence-corrected chi connectivity index (χ4v) is 3.28. The molecule has 0 saturated heterocycles. The van der Waals surface area contributed by atoms with E-state index < -0.39 is 21.5 Å². The lowest BCUT2D eigenvalue weighted by Gasteiger charge is -2.17. The van der Waals surface area contributed by atoms with Crippen molar-refractivity contribution in [3.63, 3.8) is 0 Å². The number of nitro benzene ring substituents is 2. The summed E-state index contributed by atoms with van der Waals surface area (Å²) in [6.07, 6.45) is 0.548. The van der Waals surface area contributed by atoms with Gasteiger partial charge in [-0.25, -0.2) is 4.79 Å². The van der Waals surface area contributed by atoms with Gasteiger partial charge in [-0.05, 0) is 18.1 Å². The summed E-state index contributed by atoms with van der Waals surface area (Å²) in [5.41, 5.74) is 1.14. The van der Waals surface area contributed by atoms with E-state index in [2.05, 4.69) is 0 Å². The molecule has 0 N–H and O–H groups in total. The van der Waals surface area contributed by atoms with Crippen LogP contribution in [0.4, 0.5) is 17.1 Å². The number of hydrogen-bond donors (Lipinski definition) is 0. The summed E-state index contributed by atoms with van der Waals surface area (Å²) in [6, 6.07) is 8.00. The van der Waals surface area contributed by atoms with Crippen molar-refractivity contribution in [1.29, 1.82) is 0 Å². The van der Waals surface area contributed by atoms with E-state index in [0.717, 1.165) is 16.2 Å². The molecule has 1 aliphatic rings. The van der Waals surface area contributed by atoms with Gasteiger partial charge in [0.05, 0.1) is 27.1 Å². The van der Waals surface area contributed by atoms with Gasteiger partial charge in [0.1, 0.15) is 6.54 Å². The molecule has 2 aromatic carbocycles. The van der Waals surface area contributed by atoms with Crippen LogP contribution in [-0.2, 0) is 17.8 Å². The Balaban J connectivity index is 1.66. The highest BCUT2D eigenvalue weighted by molar-refractivity contribution is 5.96. The molecule has 0 radical (unpaired) electrons. The molecule has 4 rings (SSSR count). The molecule has 1 aromatic heterocycles. The summed E-state index contributed by atoms with van der Waals surface area (Å²) >= 11 is 0. The molecule has 1 amide bonds. The van der Waals surface area contributed by atoms with Gasteiger partial charge < -0.3 is 9.32 Å². The Morgan fingerprint density at radius 2 is 1.75 bits per heavy atom. The molecule has 142 valence electrons. The molecule has 28 heavy (non-hydrogen) atoms. The quantitative estimate of drug-likeness (QED) is 0.494. The minimum atomic E-state index is -0.817. The van der Waals surface area contributed by atoms with E-state index in [1.807, 2.05) is 0 Å². The number of fused-ring (bicyclic) bond motifs is 2. The molecular formula is C17H12N4O7. The van der Waals surface area contributed by atoms with Crippen LogP contribution in [0.3, 0.4) is 0 Å². The van der Waals surface area contributed by atoms with E-state index in [1.54, 1.807) is 6.07 Å². The van der Waals surface area contributed by atoms with Gasteiger partial charge in [-0.1, -0.05) is 6.07 Å². The number of carbonyl (C=O) groups excluding carboxylic acids is 1. The van der Waals surface area contributed by atoms with Gasteiger partial charge in [0.2, 0.25) is 5.91 Å². The topological polar surface area (TPSA) is 142 Å². The summed E-state index contributed by atoms with van der Waals surface area (Å²) in [5, 5.41) is 21.8. The van der Waals surface area contributed by atoms with Gasteiger partial charge in [-0.3, -0.25) is 29.6 Å². The minimum absolute atomic E-state index is 0.00413. The third kappa shape index (κ3) is 2.78. The van der Waals surface area contributed by atoms with Crippen LogP contribution >= 0.6 is 0 Å². The average molecular weight is 384 g/mol. The van der Waals surface area contributed by atoms with Crippen molar-refractivity contribution < 1.29 is 19.1 Å². The van der Waals surface area contributed by atoms with Gasteiger partial charge in [-0.15, -0.1) is 0 Å². The Hall–Kier alpha value is -4.02. The van der Waals surface area contributed by atoms with Crippen molar-refractivity contribution in [3.8, 4) is 0 Å². The molecule has 1 aliphatic heterocycles. The number of non-ortho nitro benzene ring substituents is 2. The van der Waals surface area contributed by atoms with Gasteiger partial charge in [0, 0.05) is 24.7 Å². The average Bonchev–Trinajstić information content (AvgIpc) is 3.21. The number of nitro groups is 2. The number of aromatic nitrogens is 1. The Morgan fingerprint density at radius 1 is 1.07 bits per heavy atom. The monoisotopic (exact) mass is 384 g/mol. The van der Waals surface area contributed by atoms with Crippen molar-refractivity contribution in [3.05, 3.63) is 72.7 Å². The first-order valence-electron chi connectivity index (χ1n) is 8.20. The zero-order valence-corrected chi connectivity index (χ0v) is 14.2. The van der Waals surface area contributed by atoms with Crippen LogP contribution < -0.4 is 10.7 Å². The van der Waals surface area contributed by atoms with E-state index in [0.29, 0.717) is 18.7 Å². The number of anilines is 1. The van der Waals surface area contributed by atoms with Crippen LogP contribution in [-0.4, -0.2) is 26.9 Å². The van der Waals surface area contributed by atoms with E-state index in [9.17, 15) is 29.8 Å². The second kappa shape index (κ2) is 6.30. The van der Waals surface area contributed by atoms with Crippen LogP contribution in [0.2, 0.25) is 0 Å². The Kier molecular flexibility index (Phi) is 3.91. The zero-order chi connectivity index (χ0) is 20.0. The molecular weight excluding hydrogens is 372 g/mol. The molecule has 0 fully saturated rings. The predicted molar refractivity (Wildman–Crippen MR) is 96.3 cm³/mol. The molecule has 11 nitrogen and oxygen atoms in total. The molecule has 11 heteroatoms. The molecule has 0 bridgehead atoms. The van der Waals surface area contributed by atoms with Crippen LogP contribution in [0.15, 0.2) is 45.6 Å². The molecule has 0 atom stereocenters. The smallest absolute Gasteiger partial charge is 0.407 e. The van der Waals surface area contributed by atoms with Crippen molar-refractivity contribution >= 4 is 34.1 Å². The summed E-state index contributed by atoms with van der Waals surface area (Å²) in [4.78, 5) is 47.0. The zero-order valence-electron chi connectivity index (χ0n) is 14.2. The first-order chi connectivity index (χ1) is 13.3. The maximum atomic E-state index is 12.8. The molecule has 3 aromatic rings. The first-order valence-corrected chi connectivity index (χ1v) is 8.20. The third-order valence-electron chi connectivity index (χ3n) is 4.63. The third-order valence-corrected chi connectivity index (χ3v) is 4.63. The van der Waals surface area contributed by atoms with Gasteiger partial charge in [0.25, 0.3) is 11.4 Å². The van der Waals surface area contributed by atoms with E-state index in [-0.39, 0.29) is 29.0 Å². The molecule has 0 aliphatic carbocycles. The molecule has 0 unspecified atom stereocenters. The van der Waals surface area contributed by atoms with Crippen LogP contribution in [0.1, 0.15) is 5.56 Å². The highest BCUT2D eigenvalue weighted by atomic mass is 16.6. The van der Waals surface area contributed by atoms with Crippen LogP contribution in [0.5, 0.6) is 0 Å². The Morgan fingerprint density at radius 3 is 2.46 bits per heavy atom. The summed E-state index contributed by atoms with van der Waals surface area (Å²) in [6.45, 7) is -0.0167. The number of nitrogens with zero attached hydrogens (tertiary/aromatic N) is 4. The number of carbonyl (C=O) groups is 1.